The zero-order chi connectivity index (χ0) is 17.4. The summed E-state index contributed by atoms with van der Waals surface area (Å²) in [6.45, 7) is 0.580. The van der Waals surface area contributed by atoms with Gasteiger partial charge in [-0.1, -0.05) is 18.2 Å². The van der Waals surface area contributed by atoms with Gasteiger partial charge in [-0.05, 0) is 36.6 Å². The van der Waals surface area contributed by atoms with Gasteiger partial charge in [0.25, 0.3) is 5.91 Å². The lowest BCUT2D eigenvalue weighted by Crippen LogP contribution is -2.24. The normalized spacial score (nSPS) is 10.1. The summed E-state index contributed by atoms with van der Waals surface area (Å²) in [5.74, 6) is 1.91. The Labute approximate surface area is 142 Å². The third-order valence-corrected chi connectivity index (χ3v) is 3.71. The first-order valence-electron chi connectivity index (χ1n) is 7.81. The predicted octanol–water partition coefficient (Wildman–Crippen LogP) is 3.08. The molecule has 0 fully saturated rings. The third-order valence-electron chi connectivity index (χ3n) is 3.71. The zero-order valence-corrected chi connectivity index (χ0v) is 14.3. The average Bonchev–Trinajstić information content (AvgIpc) is 2.64. The van der Waals surface area contributed by atoms with Crippen LogP contribution in [0.25, 0.3) is 0 Å². The van der Waals surface area contributed by atoms with Crippen LogP contribution in [0, 0.1) is 0 Å². The van der Waals surface area contributed by atoms with Gasteiger partial charge in [0.15, 0.2) is 0 Å². The third kappa shape index (κ3) is 4.65. The number of amides is 1. The smallest absolute Gasteiger partial charge is 0.251 e. The maximum Gasteiger partial charge on any atom is 0.251 e. The van der Waals surface area contributed by atoms with Crippen molar-refractivity contribution in [3.05, 3.63) is 53.6 Å². The van der Waals surface area contributed by atoms with Crippen LogP contribution in [0.3, 0.4) is 0 Å². The first-order chi connectivity index (χ1) is 11.7. The number of hydrogen-bond donors (Lipinski definition) is 1. The van der Waals surface area contributed by atoms with Crippen LogP contribution < -0.4 is 19.5 Å². The molecule has 0 heterocycles. The number of methoxy groups -OCH3 is 3. The van der Waals surface area contributed by atoms with Gasteiger partial charge in [0.2, 0.25) is 0 Å². The molecule has 0 aliphatic carbocycles. The Hall–Kier alpha value is -2.69. The molecule has 5 nitrogen and oxygen atoms in total. The first-order valence-corrected chi connectivity index (χ1v) is 7.81. The molecule has 0 aromatic heterocycles. The largest absolute Gasteiger partial charge is 0.497 e. The van der Waals surface area contributed by atoms with E-state index in [4.69, 9.17) is 14.2 Å². The van der Waals surface area contributed by atoms with E-state index in [0.29, 0.717) is 23.6 Å². The molecule has 24 heavy (non-hydrogen) atoms. The van der Waals surface area contributed by atoms with Gasteiger partial charge in [-0.25, -0.2) is 0 Å². The summed E-state index contributed by atoms with van der Waals surface area (Å²) in [5, 5.41) is 2.92. The van der Waals surface area contributed by atoms with Crippen LogP contribution in [0.4, 0.5) is 0 Å². The van der Waals surface area contributed by atoms with Crippen LogP contribution in [-0.2, 0) is 6.42 Å². The number of benzene rings is 2. The lowest BCUT2D eigenvalue weighted by atomic mass is 10.1. The second-order valence-electron chi connectivity index (χ2n) is 5.27. The minimum atomic E-state index is -0.146. The number of carbonyl (C=O) groups excluding carboxylic acids is 1. The Kier molecular flexibility index (Phi) is 6.49. The number of aryl methyl sites for hydroxylation is 1. The quantitative estimate of drug-likeness (QED) is 0.756. The molecule has 0 saturated carbocycles. The van der Waals surface area contributed by atoms with Crippen molar-refractivity contribution in [2.75, 3.05) is 27.9 Å². The maximum atomic E-state index is 12.3. The van der Waals surface area contributed by atoms with Gasteiger partial charge in [-0.3, -0.25) is 4.79 Å². The van der Waals surface area contributed by atoms with Crippen LogP contribution in [-0.4, -0.2) is 33.8 Å². The predicted molar refractivity (Wildman–Crippen MR) is 93.2 cm³/mol. The Morgan fingerprint density at radius 1 is 0.958 bits per heavy atom. The highest BCUT2D eigenvalue weighted by Crippen LogP contribution is 2.22. The molecule has 2 aromatic rings. The molecule has 0 saturated heterocycles. The van der Waals surface area contributed by atoms with Crippen molar-refractivity contribution in [1.82, 2.24) is 5.32 Å². The van der Waals surface area contributed by atoms with Crippen molar-refractivity contribution >= 4 is 5.91 Å². The van der Waals surface area contributed by atoms with Crippen molar-refractivity contribution in [2.24, 2.45) is 0 Å². The molecule has 1 amide bonds. The minimum Gasteiger partial charge on any atom is -0.497 e. The zero-order valence-electron chi connectivity index (χ0n) is 14.3. The van der Waals surface area contributed by atoms with Crippen LogP contribution >= 0.6 is 0 Å². The number of para-hydroxylation sites is 1. The van der Waals surface area contributed by atoms with E-state index in [-0.39, 0.29) is 5.91 Å². The summed E-state index contributed by atoms with van der Waals surface area (Å²) in [6, 6.07) is 13.0. The fraction of sp³-hybridized carbons (Fsp3) is 0.316. The van der Waals surface area contributed by atoms with Crippen LogP contribution in [0.1, 0.15) is 22.3 Å². The van der Waals surface area contributed by atoms with E-state index in [9.17, 15) is 4.79 Å². The molecule has 5 heteroatoms. The molecule has 128 valence electrons. The minimum absolute atomic E-state index is 0.146. The summed E-state index contributed by atoms with van der Waals surface area (Å²) < 4.78 is 15.7. The Bertz CT molecular complexity index is 663. The number of nitrogens with one attached hydrogen (secondary N) is 1. The van der Waals surface area contributed by atoms with Gasteiger partial charge in [-0.15, -0.1) is 0 Å². The van der Waals surface area contributed by atoms with Crippen molar-refractivity contribution < 1.29 is 19.0 Å². The highest BCUT2D eigenvalue weighted by molar-refractivity contribution is 5.95. The molecule has 0 aliphatic rings. The van der Waals surface area contributed by atoms with Gasteiger partial charge in [0, 0.05) is 18.2 Å². The van der Waals surface area contributed by atoms with E-state index in [1.807, 2.05) is 24.3 Å². The number of carbonyl (C=O) groups is 1. The lowest BCUT2D eigenvalue weighted by molar-refractivity contribution is 0.0952. The topological polar surface area (TPSA) is 56.8 Å². The van der Waals surface area contributed by atoms with Gasteiger partial charge in [0.1, 0.15) is 17.2 Å². The number of hydrogen-bond acceptors (Lipinski definition) is 4. The maximum absolute atomic E-state index is 12.3. The lowest BCUT2D eigenvalue weighted by Gasteiger charge is -2.10. The molecule has 2 rings (SSSR count). The van der Waals surface area contributed by atoms with E-state index >= 15 is 0 Å². The average molecular weight is 329 g/mol. The molecule has 0 unspecified atom stereocenters. The molecule has 0 spiro atoms. The van der Waals surface area contributed by atoms with Crippen molar-refractivity contribution in [3.63, 3.8) is 0 Å². The SMILES string of the molecule is COc1cc(OC)cc(C(=O)NCCCc2ccccc2OC)c1. The summed E-state index contributed by atoms with van der Waals surface area (Å²) >= 11 is 0. The molecule has 0 bridgehead atoms. The van der Waals surface area contributed by atoms with Gasteiger partial charge in [0.05, 0.1) is 21.3 Å². The Morgan fingerprint density at radius 2 is 1.62 bits per heavy atom. The van der Waals surface area contributed by atoms with Crippen LogP contribution in [0.5, 0.6) is 17.2 Å². The molecular weight excluding hydrogens is 306 g/mol. The van der Waals surface area contributed by atoms with Crippen LogP contribution in [0.15, 0.2) is 42.5 Å². The standard InChI is InChI=1S/C19H23NO4/c1-22-16-11-15(12-17(13-16)23-2)19(21)20-10-6-8-14-7-4-5-9-18(14)24-3/h4-5,7,9,11-13H,6,8,10H2,1-3H3,(H,20,21). The fourth-order valence-electron chi connectivity index (χ4n) is 2.43. The van der Waals surface area contributed by atoms with Crippen molar-refractivity contribution in [2.45, 2.75) is 12.8 Å². The van der Waals surface area contributed by atoms with E-state index in [1.54, 1.807) is 39.5 Å². The fourth-order valence-corrected chi connectivity index (χ4v) is 2.43. The van der Waals surface area contributed by atoms with Gasteiger partial charge in [-0.2, -0.15) is 0 Å². The van der Waals surface area contributed by atoms with Crippen molar-refractivity contribution in [1.29, 1.82) is 0 Å². The molecule has 0 atom stereocenters. The van der Waals surface area contributed by atoms with E-state index in [0.717, 1.165) is 24.2 Å². The highest BCUT2D eigenvalue weighted by Gasteiger charge is 2.09. The summed E-state index contributed by atoms with van der Waals surface area (Å²) in [5.41, 5.74) is 1.65. The highest BCUT2D eigenvalue weighted by atomic mass is 16.5. The molecule has 0 aliphatic heterocycles. The number of rotatable bonds is 8. The summed E-state index contributed by atoms with van der Waals surface area (Å²) in [4.78, 5) is 12.3. The Morgan fingerprint density at radius 3 is 2.25 bits per heavy atom. The Balaban J connectivity index is 1.89. The van der Waals surface area contributed by atoms with Crippen molar-refractivity contribution in [3.8, 4) is 17.2 Å². The van der Waals surface area contributed by atoms with E-state index in [2.05, 4.69) is 5.32 Å². The summed E-state index contributed by atoms with van der Waals surface area (Å²) in [7, 11) is 4.78. The van der Waals surface area contributed by atoms with Crippen LogP contribution in [0.2, 0.25) is 0 Å². The summed E-state index contributed by atoms with van der Waals surface area (Å²) in [6.07, 6.45) is 1.67. The van der Waals surface area contributed by atoms with E-state index in [1.165, 1.54) is 0 Å². The molecule has 1 N–H and O–H groups in total. The number of ether oxygens (including phenoxy) is 3. The van der Waals surface area contributed by atoms with Gasteiger partial charge < -0.3 is 19.5 Å². The molecule has 0 radical (unpaired) electrons. The van der Waals surface area contributed by atoms with E-state index < -0.39 is 0 Å². The first kappa shape index (κ1) is 17.7. The van der Waals surface area contributed by atoms with Gasteiger partial charge >= 0.3 is 0 Å². The molecule has 2 aromatic carbocycles. The second kappa shape index (κ2) is 8.82. The molecular formula is C19H23NO4. The second-order valence-corrected chi connectivity index (χ2v) is 5.27. The monoisotopic (exact) mass is 329 g/mol.